The first kappa shape index (κ1) is 17.0. The lowest BCUT2D eigenvalue weighted by molar-refractivity contribution is -0.0312. The maximum atomic E-state index is 11.8. The van der Waals surface area contributed by atoms with Gasteiger partial charge in [0.15, 0.2) is 6.23 Å². The molecule has 0 spiro atoms. The van der Waals surface area contributed by atoms with E-state index in [0.717, 1.165) is 0 Å². The van der Waals surface area contributed by atoms with Crippen LogP contribution in [0.1, 0.15) is 11.8 Å². The average molecular weight is 326 g/mol. The lowest BCUT2D eigenvalue weighted by atomic mass is 10.3. The van der Waals surface area contributed by atoms with Crippen LogP contribution in [0.5, 0.6) is 0 Å². The highest BCUT2D eigenvalue weighted by Crippen LogP contribution is 2.19. The molecule has 126 valence electrons. The molecular formula is C14H18N2O7. The molecule has 0 aromatic carbocycles. The number of H-pyrrole nitrogens is 1. The van der Waals surface area contributed by atoms with Gasteiger partial charge in [0.2, 0.25) is 0 Å². The summed E-state index contributed by atoms with van der Waals surface area (Å²) >= 11 is 0. The molecule has 0 radical (unpaired) electrons. The molecule has 0 amide bonds. The summed E-state index contributed by atoms with van der Waals surface area (Å²) in [6, 6.07) is 0. The van der Waals surface area contributed by atoms with Gasteiger partial charge < -0.3 is 18.9 Å². The van der Waals surface area contributed by atoms with Gasteiger partial charge in [0.1, 0.15) is 19.3 Å². The van der Waals surface area contributed by atoms with Crippen molar-refractivity contribution in [2.45, 2.75) is 19.3 Å². The van der Waals surface area contributed by atoms with Crippen LogP contribution >= 0.6 is 0 Å². The van der Waals surface area contributed by atoms with Gasteiger partial charge in [-0.1, -0.05) is 6.08 Å². The molecule has 0 bridgehead atoms. The third kappa shape index (κ3) is 4.54. The third-order valence-electron chi connectivity index (χ3n) is 3.10. The number of aromatic amines is 1. The Labute approximate surface area is 131 Å². The zero-order valence-electron chi connectivity index (χ0n) is 12.8. The molecular weight excluding hydrogens is 308 g/mol. The molecule has 0 saturated carbocycles. The first-order valence-electron chi connectivity index (χ1n) is 6.95. The molecule has 9 heteroatoms. The van der Waals surface area contributed by atoms with E-state index in [4.69, 9.17) is 18.9 Å². The summed E-state index contributed by atoms with van der Waals surface area (Å²) in [5.74, 6) is 0. The molecule has 1 aliphatic rings. The largest absolute Gasteiger partial charge is 0.508 e. The summed E-state index contributed by atoms with van der Waals surface area (Å²) in [6.45, 7) is 1.93. The lowest BCUT2D eigenvalue weighted by Gasteiger charge is -2.16. The number of aromatic nitrogens is 2. The lowest BCUT2D eigenvalue weighted by Crippen LogP contribution is -2.33. The van der Waals surface area contributed by atoms with Crippen LogP contribution in [0.15, 0.2) is 27.9 Å². The predicted molar refractivity (Wildman–Crippen MR) is 78.3 cm³/mol. The Kier molecular flexibility index (Phi) is 5.72. The SMILES string of the molecule is COCCOC(=O)OC[C@@H]1C=C[C@H](n2cc(C)c(=O)[nH]c2=O)O1. The number of aryl methyl sites for hydroxylation is 1. The molecule has 0 fully saturated rings. The Hall–Kier alpha value is -2.39. The van der Waals surface area contributed by atoms with Crippen LogP contribution in [0.2, 0.25) is 0 Å². The molecule has 0 aliphatic carbocycles. The molecule has 9 nitrogen and oxygen atoms in total. The minimum absolute atomic E-state index is 0.0457. The molecule has 1 N–H and O–H groups in total. The Balaban J connectivity index is 1.86. The fourth-order valence-electron chi connectivity index (χ4n) is 1.92. The minimum Gasteiger partial charge on any atom is -0.432 e. The summed E-state index contributed by atoms with van der Waals surface area (Å²) < 4.78 is 21.2. The van der Waals surface area contributed by atoms with E-state index in [9.17, 15) is 14.4 Å². The summed E-state index contributed by atoms with van der Waals surface area (Å²) in [4.78, 5) is 36.6. The Morgan fingerprint density at radius 2 is 2.09 bits per heavy atom. The van der Waals surface area contributed by atoms with E-state index in [1.54, 1.807) is 19.1 Å². The molecule has 1 aromatic heterocycles. The first-order valence-corrected chi connectivity index (χ1v) is 6.95. The van der Waals surface area contributed by atoms with Gasteiger partial charge >= 0.3 is 11.8 Å². The number of carbonyl (C=O) groups excluding carboxylic acids is 1. The zero-order chi connectivity index (χ0) is 16.8. The number of hydrogen-bond acceptors (Lipinski definition) is 7. The van der Waals surface area contributed by atoms with Crippen LogP contribution in [-0.4, -0.2) is 48.7 Å². The van der Waals surface area contributed by atoms with Gasteiger partial charge in [0.25, 0.3) is 5.56 Å². The summed E-state index contributed by atoms with van der Waals surface area (Å²) in [5, 5.41) is 0. The smallest absolute Gasteiger partial charge is 0.432 e. The Morgan fingerprint density at radius 3 is 2.83 bits per heavy atom. The zero-order valence-corrected chi connectivity index (χ0v) is 12.8. The van der Waals surface area contributed by atoms with Crippen molar-refractivity contribution in [3.63, 3.8) is 0 Å². The predicted octanol–water partition coefficient (Wildman–Crippen LogP) is 0.0982. The van der Waals surface area contributed by atoms with Crippen molar-refractivity contribution in [3.8, 4) is 0 Å². The van der Waals surface area contributed by atoms with Crippen LogP contribution in [0.3, 0.4) is 0 Å². The van der Waals surface area contributed by atoms with E-state index in [0.29, 0.717) is 5.56 Å². The number of methoxy groups -OCH3 is 1. The highest BCUT2D eigenvalue weighted by atomic mass is 16.7. The second-order valence-corrected chi connectivity index (χ2v) is 4.83. The van der Waals surface area contributed by atoms with Crippen molar-refractivity contribution in [2.24, 2.45) is 0 Å². The topological polar surface area (TPSA) is 109 Å². The quantitative estimate of drug-likeness (QED) is 0.448. The maximum absolute atomic E-state index is 11.8. The van der Waals surface area contributed by atoms with Crippen LogP contribution in [0.4, 0.5) is 4.79 Å². The fourth-order valence-corrected chi connectivity index (χ4v) is 1.92. The molecule has 0 unspecified atom stereocenters. The van der Waals surface area contributed by atoms with E-state index in [2.05, 4.69) is 4.98 Å². The van der Waals surface area contributed by atoms with E-state index in [1.807, 2.05) is 0 Å². The molecule has 0 saturated heterocycles. The van der Waals surface area contributed by atoms with Gasteiger partial charge in [-0.15, -0.1) is 0 Å². The van der Waals surface area contributed by atoms with Gasteiger partial charge in [-0.2, -0.15) is 0 Å². The Morgan fingerprint density at radius 1 is 1.30 bits per heavy atom. The number of nitrogens with zero attached hydrogens (tertiary/aromatic N) is 1. The number of ether oxygens (including phenoxy) is 4. The number of nitrogens with one attached hydrogen (secondary N) is 1. The van der Waals surface area contributed by atoms with Crippen LogP contribution < -0.4 is 11.2 Å². The van der Waals surface area contributed by atoms with E-state index >= 15 is 0 Å². The van der Waals surface area contributed by atoms with Crippen molar-refractivity contribution in [1.82, 2.24) is 9.55 Å². The van der Waals surface area contributed by atoms with Gasteiger partial charge in [-0.05, 0) is 13.0 Å². The number of carbonyl (C=O) groups is 1. The van der Waals surface area contributed by atoms with Crippen LogP contribution in [-0.2, 0) is 18.9 Å². The van der Waals surface area contributed by atoms with E-state index in [1.165, 1.54) is 17.9 Å². The second kappa shape index (κ2) is 7.75. The monoisotopic (exact) mass is 326 g/mol. The maximum Gasteiger partial charge on any atom is 0.508 e. The molecule has 23 heavy (non-hydrogen) atoms. The van der Waals surface area contributed by atoms with Crippen molar-refractivity contribution in [1.29, 1.82) is 0 Å². The van der Waals surface area contributed by atoms with Crippen molar-refractivity contribution in [2.75, 3.05) is 26.9 Å². The van der Waals surface area contributed by atoms with Gasteiger partial charge in [-0.25, -0.2) is 9.59 Å². The van der Waals surface area contributed by atoms with Gasteiger partial charge in [0, 0.05) is 18.9 Å². The van der Waals surface area contributed by atoms with E-state index < -0.39 is 29.7 Å². The fraction of sp³-hybridized carbons (Fsp3) is 0.500. The molecule has 2 atom stereocenters. The van der Waals surface area contributed by atoms with Crippen LogP contribution in [0.25, 0.3) is 0 Å². The standard InChI is InChI=1S/C14H18N2O7/c1-9-7-16(13(18)15-12(9)17)11-4-3-10(23-11)8-22-14(19)21-6-5-20-2/h3-4,7,10-11H,5-6,8H2,1-2H3,(H,15,17,18)/t10-,11+/m0/s1. The van der Waals surface area contributed by atoms with Gasteiger partial charge in [0.05, 0.1) is 6.61 Å². The third-order valence-corrected chi connectivity index (χ3v) is 3.10. The highest BCUT2D eigenvalue weighted by molar-refractivity contribution is 5.59. The van der Waals surface area contributed by atoms with Crippen molar-refractivity contribution in [3.05, 3.63) is 44.8 Å². The van der Waals surface area contributed by atoms with Crippen molar-refractivity contribution < 1.29 is 23.7 Å². The second-order valence-electron chi connectivity index (χ2n) is 4.83. The Bertz CT molecular complexity index is 691. The normalized spacial score (nSPS) is 19.7. The first-order chi connectivity index (χ1) is 11.0. The molecule has 1 aromatic rings. The number of rotatable bonds is 6. The summed E-state index contributed by atoms with van der Waals surface area (Å²) in [7, 11) is 1.49. The summed E-state index contributed by atoms with van der Waals surface area (Å²) in [5.41, 5.74) is -0.620. The van der Waals surface area contributed by atoms with Gasteiger partial charge in [-0.3, -0.25) is 14.3 Å². The van der Waals surface area contributed by atoms with Crippen molar-refractivity contribution >= 4 is 6.16 Å². The number of hydrogen-bond donors (Lipinski definition) is 1. The van der Waals surface area contributed by atoms with Crippen LogP contribution in [0, 0.1) is 6.92 Å². The molecule has 2 rings (SSSR count). The van der Waals surface area contributed by atoms with E-state index in [-0.39, 0.29) is 19.8 Å². The minimum atomic E-state index is -0.820. The molecule has 1 aliphatic heterocycles. The summed E-state index contributed by atoms with van der Waals surface area (Å²) in [6.07, 6.45) is 2.73. The average Bonchev–Trinajstić information content (AvgIpc) is 2.98. The highest BCUT2D eigenvalue weighted by Gasteiger charge is 2.23. The molecule has 2 heterocycles.